The van der Waals surface area contributed by atoms with Crippen LogP contribution in [0.2, 0.25) is 5.02 Å². The third-order valence-corrected chi connectivity index (χ3v) is 11.1. The van der Waals surface area contributed by atoms with E-state index >= 15 is 0 Å². The van der Waals surface area contributed by atoms with Crippen molar-refractivity contribution >= 4 is 47.0 Å². The zero-order valence-electron chi connectivity index (χ0n) is 30.0. The minimum Gasteiger partial charge on any atom is -0.480 e. The first-order chi connectivity index (χ1) is 25.1. The smallest absolute Gasteiger partial charge is 0.418 e. The van der Waals surface area contributed by atoms with Gasteiger partial charge in [-0.3, -0.25) is 14.5 Å². The molecule has 2 fully saturated rings. The van der Waals surface area contributed by atoms with Crippen molar-refractivity contribution in [3.05, 3.63) is 58.1 Å². The Morgan fingerprint density at radius 2 is 1.75 bits per heavy atom. The number of hydrogen-bond donors (Lipinski definition) is 3. The van der Waals surface area contributed by atoms with Crippen molar-refractivity contribution in [2.75, 3.05) is 63.9 Å². The number of para-hydroxylation sites is 1. The number of aliphatic carboxylic acids is 1. The van der Waals surface area contributed by atoms with Gasteiger partial charge in [0.15, 0.2) is 6.10 Å². The lowest BCUT2D eigenvalue weighted by Gasteiger charge is -2.38. The summed E-state index contributed by atoms with van der Waals surface area (Å²) in [4.78, 5) is 58.2. The molecule has 12 nitrogen and oxygen atoms in total. The average Bonchev–Trinajstić information content (AvgIpc) is 3.28. The number of rotatable bonds is 11. The standard InChI is InChI=1S/C37H48ClF3N6O6/c1-23(25-8-14-45(15-9-25)22-32(48)49)7-13-44(2)34(50)31(21-24-19-28(37(39,40)41)33(42)29(38)20-24)53-36(52)46-16-11-27(12-17-46)47-18-10-26-5-3-4-6-30(26)43-35(47)51/h3-6,19-20,23,25,27,31H,7-18,21-22,42H2,1-2H3,(H,43,51)(H,48,49)/t23?,31-/m1/s1. The SMILES string of the molecule is CC(CCN(C)C(=O)[C@@H](Cc1cc(Cl)c(N)c(C(F)(F)F)c1)OC(=O)N1CCC(N2CCc3ccccc3NC2=O)CC1)C1CCN(CC(=O)O)CC1. The van der Waals surface area contributed by atoms with Crippen molar-refractivity contribution in [1.82, 2.24) is 19.6 Å². The summed E-state index contributed by atoms with van der Waals surface area (Å²) in [6.45, 7) is 4.78. The second-order valence-corrected chi connectivity index (χ2v) is 14.8. The fraction of sp³-hybridized carbons (Fsp3) is 0.568. The Morgan fingerprint density at radius 1 is 1.08 bits per heavy atom. The number of fused-ring (bicyclic) bond motifs is 1. The highest BCUT2D eigenvalue weighted by Gasteiger charge is 2.37. The van der Waals surface area contributed by atoms with E-state index in [1.54, 1.807) is 11.9 Å². The number of carboxylic acid groups (broad SMARTS) is 1. The van der Waals surface area contributed by atoms with Crippen LogP contribution in [-0.2, 0) is 33.3 Å². The number of likely N-dealkylation sites (tertiary alicyclic amines) is 2. The zero-order chi connectivity index (χ0) is 38.4. The van der Waals surface area contributed by atoms with Crippen molar-refractivity contribution in [3.63, 3.8) is 0 Å². The van der Waals surface area contributed by atoms with Crippen LogP contribution in [0.1, 0.15) is 55.7 Å². The fourth-order valence-electron chi connectivity index (χ4n) is 7.57. The van der Waals surface area contributed by atoms with Gasteiger partial charge in [-0.1, -0.05) is 36.7 Å². The molecule has 0 saturated carbocycles. The Bertz CT molecular complexity index is 1650. The molecule has 1 unspecified atom stereocenters. The summed E-state index contributed by atoms with van der Waals surface area (Å²) < 4.78 is 47.2. The van der Waals surface area contributed by atoms with Gasteiger partial charge in [-0.05, 0) is 92.8 Å². The van der Waals surface area contributed by atoms with Gasteiger partial charge in [-0.2, -0.15) is 13.2 Å². The molecule has 2 saturated heterocycles. The second-order valence-electron chi connectivity index (χ2n) is 14.4. The van der Waals surface area contributed by atoms with Gasteiger partial charge in [0, 0.05) is 51.4 Å². The molecule has 0 bridgehead atoms. The van der Waals surface area contributed by atoms with Gasteiger partial charge in [0.25, 0.3) is 5.91 Å². The van der Waals surface area contributed by atoms with Gasteiger partial charge >= 0.3 is 24.3 Å². The van der Waals surface area contributed by atoms with E-state index < -0.39 is 41.5 Å². The van der Waals surface area contributed by atoms with E-state index in [1.165, 1.54) is 15.9 Å². The number of nitrogen functional groups attached to an aromatic ring is 1. The van der Waals surface area contributed by atoms with E-state index in [2.05, 4.69) is 12.2 Å². The predicted molar refractivity (Wildman–Crippen MR) is 194 cm³/mol. The highest BCUT2D eigenvalue weighted by Crippen LogP contribution is 2.38. The molecule has 0 aromatic heterocycles. The Kier molecular flexibility index (Phi) is 13.0. The average molecular weight is 765 g/mol. The molecular weight excluding hydrogens is 717 g/mol. The third kappa shape index (κ3) is 10.3. The Labute approximate surface area is 312 Å². The Morgan fingerprint density at radius 3 is 2.42 bits per heavy atom. The number of nitrogens with two attached hydrogens (primary N) is 1. The zero-order valence-corrected chi connectivity index (χ0v) is 30.8. The van der Waals surface area contributed by atoms with E-state index in [0.717, 1.165) is 30.2 Å². The summed E-state index contributed by atoms with van der Waals surface area (Å²) in [5.41, 5.74) is 5.72. The lowest BCUT2D eigenvalue weighted by molar-refractivity contribution is -0.140. The number of likely N-dealkylation sites (N-methyl/N-ethyl adjacent to an activating group) is 1. The summed E-state index contributed by atoms with van der Waals surface area (Å²) in [6.07, 6.45) is -3.45. The first kappa shape index (κ1) is 40.0. The van der Waals surface area contributed by atoms with Crippen LogP contribution in [0.4, 0.5) is 34.1 Å². The number of nitrogens with zero attached hydrogens (tertiary/aromatic N) is 4. The van der Waals surface area contributed by atoms with Crippen LogP contribution in [0, 0.1) is 11.8 Å². The van der Waals surface area contributed by atoms with Crippen molar-refractivity contribution in [2.45, 2.75) is 70.2 Å². The number of halogens is 4. The van der Waals surface area contributed by atoms with Crippen molar-refractivity contribution in [1.29, 1.82) is 0 Å². The summed E-state index contributed by atoms with van der Waals surface area (Å²) in [5, 5.41) is 11.7. The lowest BCUT2D eigenvalue weighted by atomic mass is 9.83. The fourth-order valence-corrected chi connectivity index (χ4v) is 7.82. The van der Waals surface area contributed by atoms with E-state index in [1.807, 2.05) is 29.2 Å². The number of amides is 4. The molecule has 3 aliphatic heterocycles. The van der Waals surface area contributed by atoms with Crippen molar-refractivity contribution < 1.29 is 42.2 Å². The first-order valence-electron chi connectivity index (χ1n) is 18.1. The first-order valence-corrected chi connectivity index (χ1v) is 18.4. The molecule has 290 valence electrons. The maximum atomic E-state index is 13.9. The van der Waals surface area contributed by atoms with Gasteiger partial charge in [-0.25, -0.2) is 9.59 Å². The van der Waals surface area contributed by atoms with Crippen molar-refractivity contribution in [3.8, 4) is 0 Å². The van der Waals surface area contributed by atoms with Gasteiger partial charge in [0.05, 0.1) is 22.8 Å². The summed E-state index contributed by atoms with van der Waals surface area (Å²) in [6, 6.07) is 9.37. The van der Waals surface area contributed by atoms with E-state index in [9.17, 15) is 32.3 Å². The van der Waals surface area contributed by atoms with Crippen LogP contribution in [-0.4, -0.2) is 114 Å². The molecule has 2 aromatic rings. The normalized spacial score (nSPS) is 18.8. The van der Waals surface area contributed by atoms with Gasteiger partial charge in [0.2, 0.25) is 0 Å². The molecular formula is C37H48ClF3N6O6. The van der Waals surface area contributed by atoms with Crippen LogP contribution in [0.25, 0.3) is 0 Å². The Balaban J connectivity index is 1.23. The minimum atomic E-state index is -4.80. The summed E-state index contributed by atoms with van der Waals surface area (Å²) in [5.74, 6) is -0.876. The molecule has 3 aliphatic rings. The van der Waals surface area contributed by atoms with Gasteiger partial charge < -0.3 is 35.6 Å². The van der Waals surface area contributed by atoms with Crippen LogP contribution >= 0.6 is 11.6 Å². The van der Waals surface area contributed by atoms with Crippen LogP contribution < -0.4 is 11.1 Å². The molecule has 3 heterocycles. The number of ether oxygens (including phenoxy) is 1. The maximum Gasteiger partial charge on any atom is 0.418 e. The number of benzene rings is 2. The molecule has 5 rings (SSSR count). The molecule has 53 heavy (non-hydrogen) atoms. The number of alkyl halides is 3. The van der Waals surface area contributed by atoms with E-state index in [0.29, 0.717) is 57.8 Å². The highest BCUT2D eigenvalue weighted by molar-refractivity contribution is 6.33. The molecule has 0 aliphatic carbocycles. The number of piperidine rings is 2. The molecule has 16 heteroatoms. The number of urea groups is 1. The quantitative estimate of drug-likeness (QED) is 0.243. The van der Waals surface area contributed by atoms with E-state index in [4.69, 9.17) is 27.2 Å². The number of nitrogens with one attached hydrogen (secondary N) is 1. The van der Waals surface area contributed by atoms with Crippen LogP contribution in [0.5, 0.6) is 0 Å². The maximum absolute atomic E-state index is 13.9. The molecule has 4 amide bonds. The summed E-state index contributed by atoms with van der Waals surface area (Å²) in [7, 11) is 1.57. The number of carbonyl (C=O) groups is 4. The third-order valence-electron chi connectivity index (χ3n) is 10.8. The van der Waals surface area contributed by atoms with Gasteiger partial charge in [0.1, 0.15) is 0 Å². The minimum absolute atomic E-state index is 0.00495. The largest absolute Gasteiger partial charge is 0.480 e. The monoisotopic (exact) mass is 764 g/mol. The lowest BCUT2D eigenvalue weighted by Crippen LogP contribution is -2.51. The predicted octanol–water partition coefficient (Wildman–Crippen LogP) is 5.82. The molecule has 4 N–H and O–H groups in total. The Hall–Kier alpha value is -4.24. The van der Waals surface area contributed by atoms with E-state index in [-0.39, 0.29) is 54.6 Å². The number of hydrogen-bond acceptors (Lipinski definition) is 7. The highest BCUT2D eigenvalue weighted by atomic mass is 35.5. The second kappa shape index (κ2) is 17.3. The van der Waals surface area contributed by atoms with Crippen LogP contribution in [0.3, 0.4) is 0 Å². The topological polar surface area (TPSA) is 149 Å². The molecule has 0 spiro atoms. The number of carboxylic acids is 1. The molecule has 2 aromatic carbocycles. The molecule has 0 radical (unpaired) electrons. The molecule has 2 atom stereocenters. The van der Waals surface area contributed by atoms with Crippen LogP contribution in [0.15, 0.2) is 36.4 Å². The summed E-state index contributed by atoms with van der Waals surface area (Å²) >= 11 is 6.09. The van der Waals surface area contributed by atoms with Gasteiger partial charge in [-0.15, -0.1) is 0 Å². The van der Waals surface area contributed by atoms with Crippen molar-refractivity contribution in [2.24, 2.45) is 11.8 Å². The number of carbonyl (C=O) groups excluding carboxylic acids is 3. The number of anilines is 2.